The lowest BCUT2D eigenvalue weighted by molar-refractivity contribution is -0.121. The van der Waals surface area contributed by atoms with E-state index in [9.17, 15) is 4.79 Å². The molecule has 3 rings (SSSR count). The van der Waals surface area contributed by atoms with Crippen LogP contribution in [0, 0.1) is 6.92 Å². The Morgan fingerprint density at radius 2 is 1.39 bits per heavy atom. The van der Waals surface area contributed by atoms with Gasteiger partial charge in [-0.15, -0.1) is 0 Å². The molecule has 0 saturated heterocycles. The Hall–Kier alpha value is -3.21. The van der Waals surface area contributed by atoms with Gasteiger partial charge in [0.25, 0.3) is 0 Å². The number of hydrogen-bond acceptors (Lipinski definition) is 3. The normalized spacial score (nSPS) is 11.3. The second-order valence-corrected chi connectivity index (χ2v) is 10.4. The number of rotatable bonds is 18. The van der Waals surface area contributed by atoms with Crippen molar-refractivity contribution in [2.75, 3.05) is 0 Å². The van der Waals surface area contributed by atoms with Gasteiger partial charge in [-0.05, 0) is 25.5 Å². The van der Waals surface area contributed by atoms with E-state index in [0.29, 0.717) is 6.42 Å². The fourth-order valence-electron chi connectivity index (χ4n) is 4.66. The van der Waals surface area contributed by atoms with E-state index in [2.05, 4.69) is 48.6 Å². The molecule has 0 aliphatic carbocycles. The summed E-state index contributed by atoms with van der Waals surface area (Å²) in [4.78, 5) is 12.3. The van der Waals surface area contributed by atoms with E-state index in [0.717, 1.165) is 35.3 Å². The highest BCUT2D eigenvalue weighted by Gasteiger charge is 2.11. The molecule has 1 heterocycles. The van der Waals surface area contributed by atoms with Crippen molar-refractivity contribution < 1.29 is 4.79 Å². The number of amides is 1. The van der Waals surface area contributed by atoms with Crippen molar-refractivity contribution in [1.82, 2.24) is 15.2 Å². The minimum Gasteiger partial charge on any atom is -0.273 e. The number of carbonyl (C=O) groups is 1. The largest absolute Gasteiger partial charge is 0.273 e. The van der Waals surface area contributed by atoms with Gasteiger partial charge < -0.3 is 0 Å². The molecule has 1 amide bonds. The van der Waals surface area contributed by atoms with Crippen LogP contribution in [0.4, 0.5) is 0 Å². The Balaban J connectivity index is 1.37. The van der Waals surface area contributed by atoms with Crippen LogP contribution in [0.1, 0.15) is 108 Å². The van der Waals surface area contributed by atoms with Crippen LogP contribution in [0.5, 0.6) is 0 Å². The smallest absolute Gasteiger partial charge is 0.240 e. The van der Waals surface area contributed by atoms with Crippen molar-refractivity contribution in [2.24, 2.45) is 5.10 Å². The van der Waals surface area contributed by atoms with E-state index in [1.54, 1.807) is 6.21 Å². The maximum absolute atomic E-state index is 12.3. The van der Waals surface area contributed by atoms with Crippen LogP contribution in [0.25, 0.3) is 16.9 Å². The van der Waals surface area contributed by atoms with Gasteiger partial charge in [0.1, 0.15) is 5.69 Å². The number of aryl methyl sites for hydroxylation is 1. The summed E-state index contributed by atoms with van der Waals surface area (Å²) in [5.74, 6) is -0.0309. The lowest BCUT2D eigenvalue weighted by Gasteiger charge is -2.03. The molecule has 3 aromatic rings. The van der Waals surface area contributed by atoms with Gasteiger partial charge in [0.15, 0.2) is 0 Å². The van der Waals surface area contributed by atoms with Crippen molar-refractivity contribution >= 4 is 12.1 Å². The van der Waals surface area contributed by atoms with E-state index in [1.807, 2.05) is 41.2 Å². The van der Waals surface area contributed by atoms with Gasteiger partial charge in [0, 0.05) is 23.7 Å². The van der Waals surface area contributed by atoms with Crippen LogP contribution in [0.15, 0.2) is 65.9 Å². The van der Waals surface area contributed by atoms with Gasteiger partial charge >= 0.3 is 0 Å². The first-order valence-electron chi connectivity index (χ1n) is 14.7. The average molecular weight is 515 g/mol. The zero-order chi connectivity index (χ0) is 26.8. The van der Waals surface area contributed by atoms with Crippen LogP contribution < -0.4 is 5.43 Å². The molecule has 0 bridgehead atoms. The molecule has 38 heavy (non-hydrogen) atoms. The Kier molecular flexibility index (Phi) is 13.4. The molecule has 0 saturated carbocycles. The van der Waals surface area contributed by atoms with Gasteiger partial charge in [-0.1, -0.05) is 132 Å². The van der Waals surface area contributed by atoms with Crippen molar-refractivity contribution in [3.8, 4) is 16.9 Å². The summed E-state index contributed by atoms with van der Waals surface area (Å²) in [6.07, 6.45) is 21.1. The summed E-state index contributed by atoms with van der Waals surface area (Å²) in [5, 5.41) is 9.06. The third-order valence-corrected chi connectivity index (χ3v) is 6.99. The van der Waals surface area contributed by atoms with Gasteiger partial charge in [-0.3, -0.25) is 4.79 Å². The summed E-state index contributed by atoms with van der Waals surface area (Å²) in [6, 6.07) is 18.3. The fourth-order valence-corrected chi connectivity index (χ4v) is 4.66. The maximum Gasteiger partial charge on any atom is 0.240 e. The monoisotopic (exact) mass is 514 g/mol. The maximum atomic E-state index is 12.3. The molecule has 5 heteroatoms. The average Bonchev–Trinajstić information content (AvgIpc) is 3.36. The first kappa shape index (κ1) is 29.3. The lowest BCUT2D eigenvalue weighted by Crippen LogP contribution is -2.16. The van der Waals surface area contributed by atoms with Crippen LogP contribution in [-0.4, -0.2) is 21.9 Å². The van der Waals surface area contributed by atoms with Crippen LogP contribution >= 0.6 is 0 Å². The van der Waals surface area contributed by atoms with Gasteiger partial charge in [-0.2, -0.15) is 10.2 Å². The van der Waals surface area contributed by atoms with Crippen LogP contribution in [0.2, 0.25) is 0 Å². The highest BCUT2D eigenvalue weighted by molar-refractivity contribution is 5.89. The van der Waals surface area contributed by atoms with Crippen molar-refractivity contribution in [3.63, 3.8) is 0 Å². The van der Waals surface area contributed by atoms with Crippen molar-refractivity contribution in [1.29, 1.82) is 0 Å². The van der Waals surface area contributed by atoms with Gasteiger partial charge in [0.05, 0.1) is 11.9 Å². The number of benzene rings is 2. The van der Waals surface area contributed by atoms with E-state index < -0.39 is 0 Å². The number of nitrogens with one attached hydrogen (secondary N) is 1. The Morgan fingerprint density at radius 3 is 2.00 bits per heavy atom. The van der Waals surface area contributed by atoms with Gasteiger partial charge in [-0.25, -0.2) is 10.1 Å². The van der Waals surface area contributed by atoms with E-state index >= 15 is 0 Å². The zero-order valence-corrected chi connectivity index (χ0v) is 23.5. The minimum absolute atomic E-state index is 0.0309. The molecule has 0 radical (unpaired) electrons. The molecule has 0 aliphatic heterocycles. The Bertz CT molecular complexity index is 1090. The lowest BCUT2D eigenvalue weighted by atomic mass is 10.0. The molecule has 1 N–H and O–H groups in total. The van der Waals surface area contributed by atoms with Crippen LogP contribution in [0.3, 0.4) is 0 Å². The molecular formula is C33H46N4O. The van der Waals surface area contributed by atoms with E-state index in [1.165, 1.54) is 76.2 Å². The molecule has 5 nitrogen and oxygen atoms in total. The van der Waals surface area contributed by atoms with Gasteiger partial charge in [0.2, 0.25) is 5.91 Å². The summed E-state index contributed by atoms with van der Waals surface area (Å²) < 4.78 is 1.85. The molecule has 2 aromatic carbocycles. The van der Waals surface area contributed by atoms with E-state index in [-0.39, 0.29) is 5.91 Å². The number of carbonyl (C=O) groups excluding carboxylic acids is 1. The number of nitrogens with zero attached hydrogens (tertiary/aromatic N) is 3. The molecule has 0 unspecified atom stereocenters. The predicted molar refractivity (Wildman–Crippen MR) is 160 cm³/mol. The SMILES string of the molecule is CCCCCCCCCCCCCCCC(=O)N/N=C\c1cn(-c2ccccc2)nc1-c1ccc(C)cc1. The number of aromatic nitrogens is 2. The zero-order valence-electron chi connectivity index (χ0n) is 23.5. The number of hydrazone groups is 1. The second-order valence-electron chi connectivity index (χ2n) is 10.4. The van der Waals surface area contributed by atoms with Crippen molar-refractivity contribution in [3.05, 3.63) is 71.9 Å². The Morgan fingerprint density at radius 1 is 0.816 bits per heavy atom. The number of unbranched alkanes of at least 4 members (excludes halogenated alkanes) is 12. The minimum atomic E-state index is -0.0309. The molecule has 204 valence electrons. The highest BCUT2D eigenvalue weighted by Crippen LogP contribution is 2.23. The standard InChI is InChI=1S/C33H46N4O/c1-3-4-5-6-7-8-9-10-11-12-13-14-18-21-32(38)35-34-26-30-27-37(31-19-16-15-17-20-31)36-33(30)29-24-22-28(2)23-25-29/h15-17,19-20,22-27H,3-14,18,21H2,1-2H3,(H,35,38)/b34-26-. The third-order valence-electron chi connectivity index (χ3n) is 6.99. The molecule has 0 aliphatic rings. The number of para-hydroxylation sites is 1. The fraction of sp³-hybridized carbons (Fsp3) is 0.485. The topological polar surface area (TPSA) is 59.3 Å². The third kappa shape index (κ3) is 10.6. The van der Waals surface area contributed by atoms with Crippen molar-refractivity contribution in [2.45, 2.75) is 104 Å². The molecule has 0 atom stereocenters. The molecule has 1 aromatic heterocycles. The quantitative estimate of drug-likeness (QED) is 0.105. The molecular weight excluding hydrogens is 468 g/mol. The highest BCUT2D eigenvalue weighted by atomic mass is 16.2. The summed E-state index contributed by atoms with van der Waals surface area (Å²) in [5.41, 5.74) is 7.60. The number of hydrogen-bond donors (Lipinski definition) is 1. The summed E-state index contributed by atoms with van der Waals surface area (Å²) >= 11 is 0. The molecule has 0 fully saturated rings. The summed E-state index contributed by atoms with van der Waals surface area (Å²) in [7, 11) is 0. The Labute approximate surface area is 229 Å². The first-order chi connectivity index (χ1) is 18.7. The second kappa shape index (κ2) is 17.3. The summed E-state index contributed by atoms with van der Waals surface area (Å²) in [6.45, 7) is 4.34. The van der Waals surface area contributed by atoms with Crippen LogP contribution in [-0.2, 0) is 4.79 Å². The predicted octanol–water partition coefficient (Wildman–Crippen LogP) is 8.78. The first-order valence-corrected chi connectivity index (χ1v) is 14.7. The molecule has 0 spiro atoms. The van der Waals surface area contributed by atoms with E-state index in [4.69, 9.17) is 5.10 Å².